The van der Waals surface area contributed by atoms with E-state index in [0.29, 0.717) is 32.8 Å². The molecule has 0 bridgehead atoms. The second-order valence-electron chi connectivity index (χ2n) is 3.33. The molecule has 0 aliphatic rings. The van der Waals surface area contributed by atoms with Gasteiger partial charge in [0.05, 0.1) is 26.2 Å². The Morgan fingerprint density at radius 2 is 1.88 bits per heavy atom. The summed E-state index contributed by atoms with van der Waals surface area (Å²) in [6.07, 6.45) is 0.291. The van der Waals surface area contributed by atoms with E-state index < -0.39 is 0 Å². The number of hydrogen-bond acceptors (Lipinski definition) is 4. The van der Waals surface area contributed by atoms with Gasteiger partial charge in [-0.25, -0.2) is 0 Å². The molecule has 0 fully saturated rings. The molecule has 0 saturated heterocycles. The molecule has 0 radical (unpaired) electrons. The minimum absolute atomic E-state index is 0.225. The molecule has 1 aromatic rings. The summed E-state index contributed by atoms with van der Waals surface area (Å²) in [5, 5.41) is 0. The lowest BCUT2D eigenvalue weighted by Gasteiger charge is -2.06. The van der Waals surface area contributed by atoms with E-state index in [1.54, 1.807) is 6.92 Å². The molecule has 94 valence electrons. The SMILES string of the molecule is CCOC(=O)CCOCCOc1ccccc1. The zero-order chi connectivity index (χ0) is 12.3. The van der Waals surface area contributed by atoms with E-state index in [-0.39, 0.29) is 5.97 Å². The number of ether oxygens (including phenoxy) is 3. The Morgan fingerprint density at radius 1 is 1.12 bits per heavy atom. The van der Waals surface area contributed by atoms with Gasteiger partial charge in [-0.1, -0.05) is 18.2 Å². The van der Waals surface area contributed by atoms with Crippen molar-refractivity contribution < 1.29 is 19.0 Å². The molecule has 0 spiro atoms. The van der Waals surface area contributed by atoms with Crippen LogP contribution in [-0.2, 0) is 14.3 Å². The van der Waals surface area contributed by atoms with Crippen LogP contribution in [0.25, 0.3) is 0 Å². The van der Waals surface area contributed by atoms with Crippen LogP contribution in [0.15, 0.2) is 30.3 Å². The molecule has 0 N–H and O–H groups in total. The van der Waals surface area contributed by atoms with Crippen LogP contribution in [0.4, 0.5) is 0 Å². The number of rotatable bonds is 8. The number of carbonyl (C=O) groups excluding carboxylic acids is 1. The molecular formula is C13H18O4. The Hall–Kier alpha value is -1.55. The molecular weight excluding hydrogens is 220 g/mol. The summed E-state index contributed by atoms with van der Waals surface area (Å²) >= 11 is 0. The van der Waals surface area contributed by atoms with E-state index in [1.165, 1.54) is 0 Å². The van der Waals surface area contributed by atoms with Crippen molar-refractivity contribution in [1.29, 1.82) is 0 Å². The van der Waals surface area contributed by atoms with E-state index in [0.717, 1.165) is 5.75 Å². The third-order valence-electron chi connectivity index (χ3n) is 2.00. The molecule has 4 heteroatoms. The van der Waals surface area contributed by atoms with Gasteiger partial charge >= 0.3 is 5.97 Å². The first kappa shape index (κ1) is 13.5. The van der Waals surface area contributed by atoms with Crippen LogP contribution >= 0.6 is 0 Å². The Kier molecular flexibility index (Phi) is 6.82. The number of benzene rings is 1. The summed E-state index contributed by atoms with van der Waals surface area (Å²) in [6, 6.07) is 9.54. The molecule has 4 nitrogen and oxygen atoms in total. The second-order valence-corrected chi connectivity index (χ2v) is 3.33. The van der Waals surface area contributed by atoms with Crippen LogP contribution in [0.3, 0.4) is 0 Å². The summed E-state index contributed by atoms with van der Waals surface area (Å²) in [4.78, 5) is 11.0. The van der Waals surface area contributed by atoms with Gasteiger partial charge in [0.2, 0.25) is 0 Å². The van der Waals surface area contributed by atoms with Gasteiger partial charge in [0, 0.05) is 0 Å². The van der Waals surface area contributed by atoms with Crippen LogP contribution in [0.2, 0.25) is 0 Å². The van der Waals surface area contributed by atoms with Gasteiger partial charge in [-0.05, 0) is 19.1 Å². The highest BCUT2D eigenvalue weighted by molar-refractivity contribution is 5.69. The molecule has 0 atom stereocenters. The predicted octanol–water partition coefficient (Wildman–Crippen LogP) is 2.04. The number of para-hydroxylation sites is 1. The van der Waals surface area contributed by atoms with Crippen molar-refractivity contribution in [3.8, 4) is 5.75 Å². The van der Waals surface area contributed by atoms with Crippen LogP contribution < -0.4 is 4.74 Å². The lowest BCUT2D eigenvalue weighted by Crippen LogP contribution is -2.11. The van der Waals surface area contributed by atoms with Crippen molar-refractivity contribution in [2.45, 2.75) is 13.3 Å². The minimum atomic E-state index is -0.225. The summed E-state index contributed by atoms with van der Waals surface area (Å²) < 4.78 is 15.4. The topological polar surface area (TPSA) is 44.8 Å². The fourth-order valence-electron chi connectivity index (χ4n) is 1.23. The van der Waals surface area contributed by atoms with E-state index in [4.69, 9.17) is 14.2 Å². The van der Waals surface area contributed by atoms with Crippen LogP contribution in [-0.4, -0.2) is 32.4 Å². The largest absolute Gasteiger partial charge is 0.491 e. The maximum absolute atomic E-state index is 11.0. The fraction of sp³-hybridized carbons (Fsp3) is 0.462. The minimum Gasteiger partial charge on any atom is -0.491 e. The van der Waals surface area contributed by atoms with Crippen molar-refractivity contribution in [3.63, 3.8) is 0 Å². The molecule has 1 aromatic carbocycles. The normalized spacial score (nSPS) is 9.94. The summed E-state index contributed by atoms with van der Waals surface area (Å²) in [7, 11) is 0. The van der Waals surface area contributed by atoms with Gasteiger partial charge in [-0.2, -0.15) is 0 Å². The summed E-state index contributed by atoms with van der Waals surface area (Å²) in [5.74, 6) is 0.595. The van der Waals surface area contributed by atoms with Gasteiger partial charge in [0.15, 0.2) is 0 Å². The molecule has 0 aliphatic heterocycles. The molecule has 17 heavy (non-hydrogen) atoms. The van der Waals surface area contributed by atoms with Crippen molar-refractivity contribution in [2.75, 3.05) is 26.4 Å². The molecule has 0 aliphatic carbocycles. The standard InChI is InChI=1S/C13H18O4/c1-2-16-13(14)8-9-15-10-11-17-12-6-4-3-5-7-12/h3-7H,2,8-11H2,1H3. The average Bonchev–Trinajstić information content (AvgIpc) is 2.35. The number of hydrogen-bond donors (Lipinski definition) is 0. The van der Waals surface area contributed by atoms with Crippen LogP contribution in [0.5, 0.6) is 5.75 Å². The highest BCUT2D eigenvalue weighted by Gasteiger charge is 2.00. The first-order valence-corrected chi connectivity index (χ1v) is 5.74. The van der Waals surface area contributed by atoms with Gasteiger partial charge in [0.25, 0.3) is 0 Å². The maximum atomic E-state index is 11.0. The van der Waals surface area contributed by atoms with Crippen molar-refractivity contribution in [3.05, 3.63) is 30.3 Å². The van der Waals surface area contributed by atoms with Crippen molar-refractivity contribution in [1.82, 2.24) is 0 Å². The molecule has 0 saturated carbocycles. The highest BCUT2D eigenvalue weighted by atomic mass is 16.5. The Bertz CT molecular complexity index is 310. The number of carbonyl (C=O) groups is 1. The van der Waals surface area contributed by atoms with Crippen molar-refractivity contribution in [2.24, 2.45) is 0 Å². The first-order chi connectivity index (χ1) is 8.33. The van der Waals surface area contributed by atoms with E-state index in [2.05, 4.69) is 0 Å². The van der Waals surface area contributed by atoms with E-state index in [1.807, 2.05) is 30.3 Å². The van der Waals surface area contributed by atoms with Gasteiger partial charge < -0.3 is 14.2 Å². The van der Waals surface area contributed by atoms with Gasteiger partial charge in [0.1, 0.15) is 12.4 Å². The average molecular weight is 238 g/mol. The molecule has 0 unspecified atom stereocenters. The van der Waals surface area contributed by atoms with Gasteiger partial charge in [-0.3, -0.25) is 4.79 Å². The van der Waals surface area contributed by atoms with Crippen LogP contribution in [0, 0.1) is 0 Å². The summed E-state index contributed by atoms with van der Waals surface area (Å²) in [5.41, 5.74) is 0. The lowest BCUT2D eigenvalue weighted by atomic mass is 10.3. The summed E-state index contributed by atoms with van der Waals surface area (Å²) in [6.45, 7) is 3.51. The number of esters is 1. The lowest BCUT2D eigenvalue weighted by molar-refractivity contribution is -0.144. The van der Waals surface area contributed by atoms with Crippen molar-refractivity contribution >= 4 is 5.97 Å². The zero-order valence-corrected chi connectivity index (χ0v) is 10.1. The van der Waals surface area contributed by atoms with Gasteiger partial charge in [-0.15, -0.1) is 0 Å². The molecule has 0 heterocycles. The quantitative estimate of drug-likeness (QED) is 0.513. The Labute approximate surface area is 101 Å². The molecule has 0 aromatic heterocycles. The molecule has 0 amide bonds. The third kappa shape index (κ3) is 6.58. The first-order valence-electron chi connectivity index (χ1n) is 5.74. The Balaban J connectivity index is 1.96. The highest BCUT2D eigenvalue weighted by Crippen LogP contribution is 2.07. The monoisotopic (exact) mass is 238 g/mol. The predicted molar refractivity (Wildman–Crippen MR) is 64.0 cm³/mol. The Morgan fingerprint density at radius 3 is 2.59 bits per heavy atom. The smallest absolute Gasteiger partial charge is 0.308 e. The maximum Gasteiger partial charge on any atom is 0.308 e. The van der Waals surface area contributed by atoms with Crippen LogP contribution in [0.1, 0.15) is 13.3 Å². The third-order valence-corrected chi connectivity index (χ3v) is 2.00. The molecule has 1 rings (SSSR count). The second kappa shape index (κ2) is 8.58. The fourth-order valence-corrected chi connectivity index (χ4v) is 1.23. The van der Waals surface area contributed by atoms with E-state index >= 15 is 0 Å². The zero-order valence-electron chi connectivity index (χ0n) is 10.1. The van der Waals surface area contributed by atoms with E-state index in [9.17, 15) is 4.79 Å².